The molecule has 35 heavy (non-hydrogen) atoms. The van der Waals surface area contributed by atoms with Crippen molar-refractivity contribution in [3.05, 3.63) is 82.3 Å². The molecule has 4 fully saturated rings. The lowest BCUT2D eigenvalue weighted by Gasteiger charge is -2.61. The third-order valence-electron chi connectivity index (χ3n) is 10.7. The van der Waals surface area contributed by atoms with Gasteiger partial charge >= 0.3 is 0 Å². The van der Waals surface area contributed by atoms with E-state index in [1.54, 1.807) is 5.56 Å². The third-order valence-corrected chi connectivity index (χ3v) is 11.0. The highest BCUT2D eigenvalue weighted by Crippen LogP contribution is 2.71. The van der Waals surface area contributed by atoms with E-state index in [1.807, 2.05) is 0 Å². The quantitative estimate of drug-likeness (QED) is 0.360. The molecule has 3 heteroatoms. The van der Waals surface area contributed by atoms with Crippen LogP contribution < -0.4 is 0 Å². The SMILES string of the molecule is O[C@@H]1CC=CBCC1c1cc2ccccc2c2c1-c1cccc(Cl)c1C21C2CC3CC(C2)CC1C3. The lowest BCUT2D eigenvalue weighted by molar-refractivity contribution is -0.0393. The molecule has 5 aliphatic carbocycles. The highest BCUT2D eigenvalue weighted by molar-refractivity contribution is 6.42. The third kappa shape index (κ3) is 2.71. The molecule has 4 bridgehead atoms. The normalized spacial score (nSPS) is 36.3. The van der Waals surface area contributed by atoms with Crippen LogP contribution >= 0.6 is 11.6 Å². The zero-order valence-electron chi connectivity index (χ0n) is 20.2. The first-order valence-electron chi connectivity index (χ1n) is 13.8. The van der Waals surface area contributed by atoms with Gasteiger partial charge in [0.15, 0.2) is 0 Å². The van der Waals surface area contributed by atoms with Gasteiger partial charge in [0.1, 0.15) is 7.28 Å². The summed E-state index contributed by atoms with van der Waals surface area (Å²) in [5.41, 5.74) is 7.20. The molecular formula is C32H32BClO. The lowest BCUT2D eigenvalue weighted by atomic mass is 9.43. The summed E-state index contributed by atoms with van der Waals surface area (Å²) >= 11 is 7.23. The van der Waals surface area contributed by atoms with Crippen molar-refractivity contribution in [1.29, 1.82) is 0 Å². The first-order valence-corrected chi connectivity index (χ1v) is 14.2. The van der Waals surface area contributed by atoms with Crippen LogP contribution in [0.15, 0.2) is 60.6 Å². The number of aliphatic hydroxyl groups is 1. The lowest BCUT2D eigenvalue weighted by Crippen LogP contribution is -2.55. The van der Waals surface area contributed by atoms with Crippen LogP contribution in [0.5, 0.6) is 0 Å². The van der Waals surface area contributed by atoms with Gasteiger partial charge in [0.25, 0.3) is 0 Å². The van der Waals surface area contributed by atoms with Crippen LogP contribution in [0.3, 0.4) is 0 Å². The number of benzene rings is 3. The van der Waals surface area contributed by atoms with E-state index in [0.717, 1.165) is 36.9 Å². The molecule has 176 valence electrons. The molecule has 0 radical (unpaired) electrons. The molecule has 6 aliphatic rings. The van der Waals surface area contributed by atoms with Gasteiger partial charge in [-0.1, -0.05) is 66.5 Å². The molecule has 1 spiro atoms. The second kappa shape index (κ2) is 7.50. The minimum Gasteiger partial charge on any atom is -0.392 e. The average molecular weight is 479 g/mol. The van der Waals surface area contributed by atoms with E-state index < -0.39 is 0 Å². The second-order valence-corrected chi connectivity index (χ2v) is 12.6. The van der Waals surface area contributed by atoms with Crippen molar-refractivity contribution >= 4 is 29.7 Å². The maximum Gasteiger partial charge on any atom is 0.148 e. The van der Waals surface area contributed by atoms with Crippen molar-refractivity contribution < 1.29 is 5.11 Å². The zero-order valence-corrected chi connectivity index (χ0v) is 21.0. The second-order valence-electron chi connectivity index (χ2n) is 12.2. The van der Waals surface area contributed by atoms with E-state index in [0.29, 0.717) is 11.8 Å². The van der Waals surface area contributed by atoms with Gasteiger partial charge in [-0.2, -0.15) is 0 Å². The van der Waals surface area contributed by atoms with Gasteiger partial charge in [-0.15, -0.1) is 5.98 Å². The van der Waals surface area contributed by atoms with Crippen LogP contribution in [0.2, 0.25) is 11.3 Å². The molecule has 3 aromatic carbocycles. The molecule has 0 amide bonds. The summed E-state index contributed by atoms with van der Waals surface area (Å²) < 4.78 is 0. The number of halogens is 1. The Labute approximate surface area is 213 Å². The number of fused-ring (bicyclic) bond motifs is 5. The molecule has 1 nitrogen and oxygen atoms in total. The smallest absolute Gasteiger partial charge is 0.148 e. The molecule has 3 aromatic rings. The molecule has 1 unspecified atom stereocenters. The summed E-state index contributed by atoms with van der Waals surface area (Å²) in [5.74, 6) is 5.58. The minimum atomic E-state index is -0.336. The Morgan fingerprint density at radius 2 is 1.66 bits per heavy atom. The number of hydrogen-bond donors (Lipinski definition) is 1. The Bertz CT molecular complexity index is 1360. The molecule has 0 aromatic heterocycles. The number of rotatable bonds is 1. The Hall–Kier alpha value is -2.03. The van der Waals surface area contributed by atoms with Crippen LogP contribution in [0.1, 0.15) is 61.1 Å². The molecule has 4 saturated carbocycles. The van der Waals surface area contributed by atoms with Crippen LogP contribution in [0.25, 0.3) is 21.9 Å². The van der Waals surface area contributed by atoms with Crippen molar-refractivity contribution in [2.24, 2.45) is 23.7 Å². The van der Waals surface area contributed by atoms with E-state index in [-0.39, 0.29) is 17.4 Å². The van der Waals surface area contributed by atoms with Crippen molar-refractivity contribution in [3.63, 3.8) is 0 Å². The van der Waals surface area contributed by atoms with Gasteiger partial charge in [0.2, 0.25) is 0 Å². The monoisotopic (exact) mass is 478 g/mol. The van der Waals surface area contributed by atoms with E-state index >= 15 is 0 Å². The van der Waals surface area contributed by atoms with E-state index in [2.05, 4.69) is 60.6 Å². The van der Waals surface area contributed by atoms with E-state index in [4.69, 9.17) is 11.6 Å². The predicted octanol–water partition coefficient (Wildman–Crippen LogP) is 7.43. The Morgan fingerprint density at radius 3 is 2.46 bits per heavy atom. The van der Waals surface area contributed by atoms with E-state index in [9.17, 15) is 5.11 Å². The number of aliphatic hydroxyl groups excluding tert-OH is 1. The molecule has 9 rings (SSSR count). The average Bonchev–Trinajstić information content (AvgIpc) is 3.01. The molecule has 0 saturated heterocycles. The molecular weight excluding hydrogens is 447 g/mol. The molecule has 2 atom stereocenters. The Kier molecular flexibility index (Phi) is 4.52. The molecule has 1 aliphatic heterocycles. The van der Waals surface area contributed by atoms with Crippen LogP contribution in [0, 0.1) is 23.7 Å². The highest BCUT2D eigenvalue weighted by Gasteiger charge is 2.63. The molecule has 1 N–H and O–H groups in total. The first kappa shape index (κ1) is 21.1. The number of hydrogen-bond acceptors (Lipinski definition) is 1. The summed E-state index contributed by atoms with van der Waals surface area (Å²) in [6.45, 7) is 0. The van der Waals surface area contributed by atoms with Gasteiger partial charge in [-0.3, -0.25) is 0 Å². The maximum absolute atomic E-state index is 11.3. The van der Waals surface area contributed by atoms with Crippen molar-refractivity contribution in [2.45, 2.75) is 62.3 Å². The maximum atomic E-state index is 11.3. The Morgan fingerprint density at radius 1 is 0.886 bits per heavy atom. The van der Waals surface area contributed by atoms with Gasteiger partial charge in [0.05, 0.1) is 6.10 Å². The fourth-order valence-electron chi connectivity index (χ4n) is 9.75. The first-order chi connectivity index (χ1) is 17.2. The highest BCUT2D eigenvalue weighted by atomic mass is 35.5. The van der Waals surface area contributed by atoms with Crippen LogP contribution in [-0.4, -0.2) is 18.5 Å². The van der Waals surface area contributed by atoms with E-state index in [1.165, 1.54) is 65.1 Å². The minimum absolute atomic E-state index is 0.0278. The summed E-state index contributed by atoms with van der Waals surface area (Å²) in [4.78, 5) is 0. The van der Waals surface area contributed by atoms with Crippen LogP contribution in [-0.2, 0) is 5.41 Å². The predicted molar refractivity (Wildman–Crippen MR) is 147 cm³/mol. The van der Waals surface area contributed by atoms with Gasteiger partial charge in [-0.05, 0) is 107 Å². The van der Waals surface area contributed by atoms with Crippen molar-refractivity contribution in [3.8, 4) is 11.1 Å². The van der Waals surface area contributed by atoms with Crippen molar-refractivity contribution in [1.82, 2.24) is 0 Å². The fourth-order valence-corrected chi connectivity index (χ4v) is 10.1. The zero-order chi connectivity index (χ0) is 23.3. The fraction of sp³-hybridized carbons (Fsp3) is 0.438. The van der Waals surface area contributed by atoms with Crippen LogP contribution in [0.4, 0.5) is 0 Å². The summed E-state index contributed by atoms with van der Waals surface area (Å²) in [6.07, 6.45) is 10.5. The van der Waals surface area contributed by atoms with Gasteiger partial charge < -0.3 is 5.11 Å². The topological polar surface area (TPSA) is 20.2 Å². The van der Waals surface area contributed by atoms with Crippen molar-refractivity contribution in [2.75, 3.05) is 0 Å². The summed E-state index contributed by atoms with van der Waals surface area (Å²) in [7, 11) is 1.03. The summed E-state index contributed by atoms with van der Waals surface area (Å²) in [6, 6.07) is 18.1. The summed E-state index contributed by atoms with van der Waals surface area (Å²) in [5, 5.41) is 15.1. The standard InChI is InChI=1S/C32H32BClO/c34-27-8-3-7-24-29-25(26-17-33-10-4-9-28(26)35)16-20-5-1-2-6-23(20)31(29)32(30(24)27)21-12-18-11-19(14-21)15-22(32)13-18/h1-8,10,16,18-19,21-22,26,28,33,35H,9,11-15,17H2/t18?,19?,21?,22?,26?,28-,32?/m1/s1. The van der Waals surface area contributed by atoms with Gasteiger partial charge in [0, 0.05) is 16.4 Å². The largest absolute Gasteiger partial charge is 0.392 e. The molecule has 1 heterocycles. The Balaban J connectivity index is 1.50. The van der Waals surface area contributed by atoms with Gasteiger partial charge in [-0.25, -0.2) is 0 Å².